The van der Waals surface area contributed by atoms with Crippen molar-refractivity contribution in [2.75, 3.05) is 13.1 Å². The average Bonchev–Trinajstić information content (AvgIpc) is 3.47. The monoisotopic (exact) mass is 742 g/mol. The minimum atomic E-state index is -4.98. The molecule has 5 aliphatic carbocycles. The number of hydrogen-bond acceptors (Lipinski definition) is 5. The molecule has 5 saturated carbocycles. The highest BCUT2D eigenvalue weighted by atomic mass is 19.4. The highest BCUT2D eigenvalue weighted by molar-refractivity contribution is 6.00. The zero-order valence-electron chi connectivity index (χ0n) is 30.1. The van der Waals surface area contributed by atoms with Crippen LogP contribution < -0.4 is 10.1 Å². The number of amides is 1. The largest absolute Gasteiger partial charge is 0.490 e. The Bertz CT molecular complexity index is 1860. The topological polar surface area (TPSA) is 96.7 Å². The maximum absolute atomic E-state index is 14.8. The second-order valence-corrected chi connectivity index (χ2v) is 16.4. The molecule has 13 heteroatoms. The molecule has 53 heavy (non-hydrogen) atoms. The number of carboxylic acids is 1. The summed E-state index contributed by atoms with van der Waals surface area (Å²) in [6.07, 6.45) is 5.01. The van der Waals surface area contributed by atoms with Gasteiger partial charge in [0.05, 0.1) is 36.0 Å². The maximum Gasteiger partial charge on any atom is 0.434 e. The van der Waals surface area contributed by atoms with Crippen LogP contribution in [-0.2, 0) is 11.0 Å². The molecule has 3 heterocycles. The smallest absolute Gasteiger partial charge is 0.434 e. The number of nitrogens with one attached hydrogen (secondary N) is 1. The minimum Gasteiger partial charge on any atom is -0.490 e. The molecule has 3 aromatic rings. The Kier molecular flexibility index (Phi) is 9.05. The molecule has 9 rings (SSSR count). The molecule has 1 saturated heterocycles. The number of alkyl halides is 5. The number of rotatable bonds is 10. The lowest BCUT2D eigenvalue weighted by Gasteiger charge is -2.59. The number of ether oxygens (including phenoxy) is 1. The summed E-state index contributed by atoms with van der Waals surface area (Å²) >= 11 is 0. The van der Waals surface area contributed by atoms with E-state index in [0.717, 1.165) is 56.5 Å². The summed E-state index contributed by atoms with van der Waals surface area (Å²) in [5.41, 5.74) is -2.32. The standard InChI is InChI=1S/C40H47F5N4O4/c1-3-26(4-2)49-19-32(30-10-9-29(18-34(30)49)53-28-7-5-27(6-8-28)48-20-38(41,42)21-48)33-12-11-31(35(46-33)40(43,44)45)36(50)47-39(37(51)52)24-14-22-13-23(16-24)17-25(39)15-22/h9-12,18-19,22-28H,3-8,13-17,20-21H2,1-2H3,(H,47,50)(H,51,52)/t22?,23?,24?,25?,27-,28-,39?. The fourth-order valence-electron chi connectivity index (χ4n) is 10.8. The van der Waals surface area contributed by atoms with Crippen LogP contribution in [0.25, 0.3) is 22.2 Å². The van der Waals surface area contributed by atoms with Crippen LogP contribution in [0.3, 0.4) is 0 Å². The van der Waals surface area contributed by atoms with Gasteiger partial charge >= 0.3 is 12.1 Å². The molecule has 0 atom stereocenters. The highest BCUT2D eigenvalue weighted by Gasteiger charge is 2.62. The van der Waals surface area contributed by atoms with E-state index in [0.29, 0.717) is 54.2 Å². The van der Waals surface area contributed by atoms with Gasteiger partial charge in [-0.15, -0.1) is 0 Å². The van der Waals surface area contributed by atoms with E-state index in [9.17, 15) is 36.6 Å². The van der Waals surface area contributed by atoms with Gasteiger partial charge < -0.3 is 19.7 Å². The van der Waals surface area contributed by atoms with Crippen molar-refractivity contribution in [3.05, 3.63) is 47.8 Å². The highest BCUT2D eigenvalue weighted by Crippen LogP contribution is 2.58. The van der Waals surface area contributed by atoms with Gasteiger partial charge in [-0.25, -0.2) is 18.6 Å². The minimum absolute atomic E-state index is 0.0481. The van der Waals surface area contributed by atoms with E-state index in [2.05, 4.69) is 14.9 Å². The number of halogens is 5. The Labute approximate surface area is 305 Å². The van der Waals surface area contributed by atoms with Crippen LogP contribution in [0.1, 0.15) is 107 Å². The second kappa shape index (κ2) is 13.2. The number of carboxylic acid groups (broad SMARTS) is 1. The van der Waals surface area contributed by atoms with Crippen molar-refractivity contribution in [3.8, 4) is 17.0 Å². The number of carbonyl (C=O) groups is 2. The Morgan fingerprint density at radius 1 is 0.962 bits per heavy atom. The summed E-state index contributed by atoms with van der Waals surface area (Å²) in [5, 5.41) is 13.8. The van der Waals surface area contributed by atoms with Gasteiger partial charge in [0.1, 0.15) is 11.3 Å². The first-order valence-corrected chi connectivity index (χ1v) is 19.3. The summed E-state index contributed by atoms with van der Waals surface area (Å²) in [6.45, 7) is 3.73. The summed E-state index contributed by atoms with van der Waals surface area (Å²) in [7, 11) is 0. The van der Waals surface area contributed by atoms with Gasteiger partial charge in [-0.3, -0.25) is 9.69 Å². The number of likely N-dealkylation sites (tertiary alicyclic amines) is 1. The van der Waals surface area contributed by atoms with Gasteiger partial charge in [0.15, 0.2) is 5.69 Å². The number of nitrogens with zero attached hydrogens (tertiary/aromatic N) is 3. The molecule has 8 nitrogen and oxygen atoms in total. The molecule has 286 valence electrons. The lowest BCUT2D eigenvalue weighted by atomic mass is 9.48. The summed E-state index contributed by atoms with van der Waals surface area (Å²) in [5.74, 6) is -4.05. The van der Waals surface area contributed by atoms with E-state index < -0.39 is 40.8 Å². The van der Waals surface area contributed by atoms with Crippen LogP contribution in [-0.4, -0.2) is 68.1 Å². The summed E-state index contributed by atoms with van der Waals surface area (Å²) in [4.78, 5) is 32.6. The molecule has 0 radical (unpaired) electrons. The Morgan fingerprint density at radius 3 is 2.17 bits per heavy atom. The summed E-state index contributed by atoms with van der Waals surface area (Å²) < 4.78 is 79.6. The van der Waals surface area contributed by atoms with Gasteiger partial charge in [0, 0.05) is 35.3 Å². The van der Waals surface area contributed by atoms with Crippen LogP contribution in [0.15, 0.2) is 36.5 Å². The van der Waals surface area contributed by atoms with E-state index in [1.807, 2.05) is 37.1 Å². The lowest BCUT2D eigenvalue weighted by Crippen LogP contribution is -2.70. The molecule has 2 N–H and O–H groups in total. The zero-order chi connectivity index (χ0) is 37.4. The van der Waals surface area contributed by atoms with Gasteiger partial charge in [-0.2, -0.15) is 13.2 Å². The third kappa shape index (κ3) is 6.38. The number of carbonyl (C=O) groups excluding carboxylic acids is 1. The van der Waals surface area contributed by atoms with E-state index in [1.165, 1.54) is 6.07 Å². The van der Waals surface area contributed by atoms with Crippen LogP contribution in [0.4, 0.5) is 22.0 Å². The van der Waals surface area contributed by atoms with E-state index in [-0.39, 0.29) is 48.8 Å². The quantitative estimate of drug-likeness (QED) is 0.202. The molecule has 6 fully saturated rings. The molecule has 6 aliphatic rings. The fraction of sp³-hybridized carbons (Fsp3) is 0.625. The molecule has 1 amide bonds. The van der Waals surface area contributed by atoms with Crippen molar-refractivity contribution in [1.29, 1.82) is 0 Å². The maximum atomic E-state index is 14.8. The number of aliphatic carboxylic acids is 1. The Morgan fingerprint density at radius 2 is 1.60 bits per heavy atom. The molecule has 2 aromatic heterocycles. The predicted molar refractivity (Wildman–Crippen MR) is 188 cm³/mol. The van der Waals surface area contributed by atoms with Gasteiger partial charge in [-0.1, -0.05) is 13.8 Å². The third-order valence-corrected chi connectivity index (χ3v) is 13.3. The fourth-order valence-corrected chi connectivity index (χ4v) is 10.8. The number of fused-ring (bicyclic) bond motifs is 1. The van der Waals surface area contributed by atoms with Crippen molar-refractivity contribution in [1.82, 2.24) is 19.8 Å². The molecule has 0 unspecified atom stereocenters. The number of pyridine rings is 1. The Balaban J connectivity index is 1.08. The van der Waals surface area contributed by atoms with Crippen molar-refractivity contribution >= 4 is 22.8 Å². The third-order valence-electron chi connectivity index (χ3n) is 13.3. The molecule has 1 aromatic carbocycles. The molecular weight excluding hydrogens is 695 g/mol. The van der Waals surface area contributed by atoms with Crippen molar-refractivity contribution in [3.63, 3.8) is 0 Å². The second-order valence-electron chi connectivity index (χ2n) is 16.4. The number of benzene rings is 1. The normalized spacial score (nSPS) is 30.8. The van der Waals surface area contributed by atoms with E-state index in [4.69, 9.17) is 4.74 Å². The van der Waals surface area contributed by atoms with Crippen molar-refractivity contribution < 1.29 is 41.4 Å². The molecule has 1 aliphatic heterocycles. The number of aromatic nitrogens is 2. The molecular formula is C40H47F5N4O4. The average molecular weight is 743 g/mol. The predicted octanol–water partition coefficient (Wildman–Crippen LogP) is 8.73. The van der Waals surface area contributed by atoms with Crippen molar-refractivity contribution in [2.24, 2.45) is 23.7 Å². The lowest BCUT2D eigenvalue weighted by molar-refractivity contribution is -0.163. The van der Waals surface area contributed by atoms with Gasteiger partial charge in [0.2, 0.25) is 0 Å². The first-order chi connectivity index (χ1) is 25.2. The van der Waals surface area contributed by atoms with Gasteiger partial charge in [0.25, 0.3) is 11.8 Å². The SMILES string of the molecule is CCC(CC)n1cc(-c2ccc(C(=O)NC3(C(=O)O)C4CC5CC(C4)CC3C5)c(C(F)(F)F)n2)c2ccc(O[C@H]3CC[C@H](N4CC(F)(F)C4)CC3)cc21. The van der Waals surface area contributed by atoms with Crippen LogP contribution in [0.5, 0.6) is 5.75 Å². The van der Waals surface area contributed by atoms with Crippen LogP contribution >= 0.6 is 0 Å². The van der Waals surface area contributed by atoms with E-state index in [1.54, 1.807) is 6.07 Å². The zero-order valence-corrected chi connectivity index (χ0v) is 30.1. The van der Waals surface area contributed by atoms with Crippen LogP contribution in [0.2, 0.25) is 0 Å². The van der Waals surface area contributed by atoms with Crippen molar-refractivity contribution in [2.45, 2.75) is 120 Å². The molecule has 0 spiro atoms. The summed E-state index contributed by atoms with van der Waals surface area (Å²) in [6, 6.07) is 8.25. The van der Waals surface area contributed by atoms with E-state index >= 15 is 0 Å². The first-order valence-electron chi connectivity index (χ1n) is 19.3. The molecule has 4 bridgehead atoms. The van der Waals surface area contributed by atoms with Gasteiger partial charge in [-0.05, 0) is 119 Å². The van der Waals surface area contributed by atoms with Crippen LogP contribution in [0, 0.1) is 23.7 Å². The Hall–Kier alpha value is -3.74. The number of hydrogen-bond donors (Lipinski definition) is 2. The first kappa shape index (κ1) is 36.2.